The predicted molar refractivity (Wildman–Crippen MR) is 113 cm³/mol. The largest absolute Gasteiger partial charge is 0.341 e. The van der Waals surface area contributed by atoms with Crippen molar-refractivity contribution in [2.75, 3.05) is 38.4 Å². The Morgan fingerprint density at radius 1 is 1.31 bits per heavy atom. The van der Waals surface area contributed by atoms with Crippen molar-refractivity contribution >= 4 is 27.5 Å². The Balaban J connectivity index is 1.78. The Bertz CT molecular complexity index is 959. The molecule has 2 aromatic rings. The topological polar surface area (TPSA) is 89.6 Å². The summed E-state index contributed by atoms with van der Waals surface area (Å²) in [6.45, 7) is 2.09. The van der Waals surface area contributed by atoms with Crippen LogP contribution in [0.25, 0.3) is 5.69 Å². The van der Waals surface area contributed by atoms with Gasteiger partial charge in [0.05, 0.1) is 31.4 Å². The van der Waals surface area contributed by atoms with Crippen molar-refractivity contribution in [3.05, 3.63) is 36.2 Å². The zero-order valence-electron chi connectivity index (χ0n) is 17.2. The van der Waals surface area contributed by atoms with Crippen LogP contribution in [0.1, 0.15) is 25.2 Å². The molecule has 158 valence electrons. The monoisotopic (exact) mass is 438 g/mol. The number of carbonyl (C=O) groups excluding carboxylic acids is 1. The number of nitrogens with one attached hydrogen (secondary N) is 1. The highest BCUT2D eigenvalue weighted by molar-refractivity contribution is 7.99. The molecule has 10 heteroatoms. The van der Waals surface area contributed by atoms with Crippen molar-refractivity contribution in [2.24, 2.45) is 0 Å². The fourth-order valence-electron chi connectivity index (χ4n) is 3.25. The van der Waals surface area contributed by atoms with Gasteiger partial charge in [0.25, 0.3) is 0 Å². The first kappa shape index (κ1) is 21.8. The van der Waals surface area contributed by atoms with Crippen LogP contribution in [0.5, 0.6) is 0 Å². The molecule has 1 aliphatic heterocycles. The highest BCUT2D eigenvalue weighted by Gasteiger charge is 2.33. The van der Waals surface area contributed by atoms with E-state index >= 15 is 0 Å². The summed E-state index contributed by atoms with van der Waals surface area (Å²) >= 11 is 1.33. The van der Waals surface area contributed by atoms with Gasteiger partial charge in [0.15, 0.2) is 20.8 Å². The second-order valence-electron chi connectivity index (χ2n) is 7.66. The Morgan fingerprint density at radius 3 is 2.59 bits per heavy atom. The van der Waals surface area contributed by atoms with Crippen LogP contribution < -0.4 is 4.90 Å². The van der Waals surface area contributed by atoms with E-state index < -0.39 is 9.84 Å². The number of amides is 1. The number of quaternary nitrogens is 1. The maximum atomic E-state index is 12.7. The Morgan fingerprint density at radius 2 is 2.00 bits per heavy atom. The van der Waals surface area contributed by atoms with Crippen molar-refractivity contribution < 1.29 is 18.1 Å². The summed E-state index contributed by atoms with van der Waals surface area (Å²) in [6, 6.07) is 9.74. The number of benzene rings is 1. The van der Waals surface area contributed by atoms with Gasteiger partial charge in [-0.15, -0.1) is 10.2 Å². The molecule has 1 aromatic heterocycles. The third-order valence-electron chi connectivity index (χ3n) is 5.40. The lowest BCUT2D eigenvalue weighted by Gasteiger charge is -2.23. The fraction of sp³-hybridized carbons (Fsp3) is 0.526. The Kier molecular flexibility index (Phi) is 6.65. The lowest BCUT2D eigenvalue weighted by Crippen LogP contribution is -3.05. The molecular formula is C19H28N5O3S2+. The third-order valence-corrected chi connectivity index (χ3v) is 8.06. The summed E-state index contributed by atoms with van der Waals surface area (Å²) in [5, 5.41) is 9.40. The summed E-state index contributed by atoms with van der Waals surface area (Å²) in [5.41, 5.74) is 0.950. The van der Waals surface area contributed by atoms with Crippen LogP contribution in [0.2, 0.25) is 0 Å². The molecule has 1 N–H and O–H groups in total. The molecule has 0 aliphatic carbocycles. The molecule has 0 radical (unpaired) electrons. The van der Waals surface area contributed by atoms with Crippen LogP contribution >= 0.6 is 11.8 Å². The molecule has 0 saturated carbocycles. The number of thioether (sulfide) groups is 1. The van der Waals surface area contributed by atoms with Crippen LogP contribution in [0, 0.1) is 0 Å². The Hall–Kier alpha value is -1.91. The third kappa shape index (κ3) is 4.99. The van der Waals surface area contributed by atoms with Gasteiger partial charge >= 0.3 is 0 Å². The zero-order chi connectivity index (χ0) is 21.2. The number of hydrogen-bond acceptors (Lipinski definition) is 6. The summed E-state index contributed by atoms with van der Waals surface area (Å²) in [6.07, 6.45) is 0.503. The standard InChI is InChI=1S/C19H27N5O3S2/c1-14(22(2)3)18-20-21-19(24(18)15-8-6-5-7-9-15)28-12-17(25)23(4)16-10-11-29(26,27)13-16/h5-9,14,16H,10-13H2,1-4H3/p+1/t14-,16-/m1/s1. The quantitative estimate of drug-likeness (QED) is 0.622. The number of hydrogen-bond donors (Lipinski definition) is 1. The fourth-order valence-corrected chi connectivity index (χ4v) is 5.90. The van der Waals surface area contributed by atoms with Gasteiger partial charge in [0.2, 0.25) is 5.91 Å². The van der Waals surface area contributed by atoms with Gasteiger partial charge in [-0.3, -0.25) is 9.36 Å². The van der Waals surface area contributed by atoms with Crippen molar-refractivity contribution in [2.45, 2.75) is 30.6 Å². The predicted octanol–water partition coefficient (Wildman–Crippen LogP) is 0.210. The number of carbonyl (C=O) groups is 1. The normalized spacial score (nSPS) is 19.4. The van der Waals surface area contributed by atoms with Gasteiger partial charge in [-0.1, -0.05) is 30.0 Å². The first-order valence-electron chi connectivity index (χ1n) is 9.59. The highest BCUT2D eigenvalue weighted by Crippen LogP contribution is 2.25. The minimum absolute atomic E-state index is 0.0490. The molecule has 1 saturated heterocycles. The van der Waals surface area contributed by atoms with Crippen LogP contribution in [-0.4, -0.2) is 78.4 Å². The van der Waals surface area contributed by atoms with E-state index in [4.69, 9.17) is 0 Å². The summed E-state index contributed by atoms with van der Waals surface area (Å²) in [4.78, 5) is 15.4. The highest BCUT2D eigenvalue weighted by atomic mass is 32.2. The molecule has 0 unspecified atom stereocenters. The molecule has 1 fully saturated rings. The van der Waals surface area contributed by atoms with Crippen LogP contribution in [0.4, 0.5) is 0 Å². The number of para-hydroxylation sites is 1. The van der Waals surface area contributed by atoms with E-state index in [1.165, 1.54) is 16.7 Å². The number of nitrogens with zero attached hydrogens (tertiary/aromatic N) is 4. The van der Waals surface area contributed by atoms with Gasteiger partial charge in [0, 0.05) is 18.8 Å². The second kappa shape index (κ2) is 8.85. The number of sulfone groups is 1. The molecule has 0 spiro atoms. The number of aromatic nitrogens is 3. The average molecular weight is 439 g/mol. The van der Waals surface area contributed by atoms with Gasteiger partial charge in [-0.25, -0.2) is 8.42 Å². The smallest absolute Gasteiger partial charge is 0.233 e. The zero-order valence-corrected chi connectivity index (χ0v) is 18.8. The minimum atomic E-state index is -3.03. The van der Waals surface area contributed by atoms with E-state index in [1.807, 2.05) is 34.9 Å². The SMILES string of the molecule is C[C@H](c1nnc(SCC(=O)N(C)[C@@H]2CCS(=O)(=O)C2)n1-c1ccccc1)[NH+](C)C. The van der Waals surface area contributed by atoms with E-state index in [-0.39, 0.29) is 35.2 Å². The molecule has 8 nitrogen and oxygen atoms in total. The van der Waals surface area contributed by atoms with E-state index in [9.17, 15) is 13.2 Å². The maximum Gasteiger partial charge on any atom is 0.233 e. The van der Waals surface area contributed by atoms with E-state index in [1.54, 1.807) is 11.9 Å². The lowest BCUT2D eigenvalue weighted by molar-refractivity contribution is -0.890. The summed E-state index contributed by atoms with van der Waals surface area (Å²) in [7, 11) is 2.78. The van der Waals surface area contributed by atoms with Crippen molar-refractivity contribution in [3.63, 3.8) is 0 Å². The first-order chi connectivity index (χ1) is 13.7. The van der Waals surface area contributed by atoms with Crippen LogP contribution in [-0.2, 0) is 14.6 Å². The van der Waals surface area contributed by atoms with E-state index in [0.717, 1.165) is 11.5 Å². The molecule has 0 bridgehead atoms. The van der Waals surface area contributed by atoms with E-state index in [0.29, 0.717) is 11.6 Å². The molecule has 3 rings (SSSR count). The lowest BCUT2D eigenvalue weighted by atomic mass is 10.2. The van der Waals surface area contributed by atoms with Crippen molar-refractivity contribution in [1.82, 2.24) is 19.7 Å². The summed E-state index contributed by atoms with van der Waals surface area (Å²) in [5.74, 6) is 1.11. The molecule has 1 aromatic carbocycles. The minimum Gasteiger partial charge on any atom is -0.341 e. The van der Waals surface area contributed by atoms with Gasteiger partial charge in [-0.05, 0) is 25.5 Å². The maximum absolute atomic E-state index is 12.7. The van der Waals surface area contributed by atoms with Crippen molar-refractivity contribution in [3.8, 4) is 5.69 Å². The number of rotatable bonds is 7. The van der Waals surface area contributed by atoms with Crippen LogP contribution in [0.15, 0.2) is 35.5 Å². The molecule has 29 heavy (non-hydrogen) atoms. The van der Waals surface area contributed by atoms with E-state index in [2.05, 4.69) is 31.2 Å². The molecular weight excluding hydrogens is 410 g/mol. The molecule has 2 atom stereocenters. The second-order valence-corrected chi connectivity index (χ2v) is 10.8. The molecule has 1 aliphatic rings. The van der Waals surface area contributed by atoms with Gasteiger partial charge in [-0.2, -0.15) is 0 Å². The molecule has 2 heterocycles. The van der Waals surface area contributed by atoms with Gasteiger partial charge < -0.3 is 9.80 Å². The molecule has 1 amide bonds. The Labute approximate surface area is 176 Å². The first-order valence-corrected chi connectivity index (χ1v) is 12.4. The average Bonchev–Trinajstić information content (AvgIpc) is 3.28. The summed E-state index contributed by atoms with van der Waals surface area (Å²) < 4.78 is 25.4. The van der Waals surface area contributed by atoms with Crippen LogP contribution in [0.3, 0.4) is 0 Å². The van der Waals surface area contributed by atoms with Crippen molar-refractivity contribution in [1.29, 1.82) is 0 Å². The van der Waals surface area contributed by atoms with Gasteiger partial charge in [0.1, 0.15) is 6.04 Å².